The van der Waals surface area contributed by atoms with Crippen LogP contribution in [0.5, 0.6) is 17.2 Å². The number of rotatable bonds is 7. The molecule has 6 nitrogen and oxygen atoms in total. The van der Waals surface area contributed by atoms with E-state index < -0.39 is 0 Å². The lowest BCUT2D eigenvalue weighted by atomic mass is 10.1. The van der Waals surface area contributed by atoms with Crippen molar-refractivity contribution in [2.75, 3.05) is 28.4 Å². The van der Waals surface area contributed by atoms with E-state index in [9.17, 15) is 4.79 Å². The van der Waals surface area contributed by atoms with Gasteiger partial charge in [0.2, 0.25) is 5.75 Å². The van der Waals surface area contributed by atoms with Crippen molar-refractivity contribution in [2.45, 2.75) is 6.54 Å². The molecule has 0 N–H and O–H groups in total. The Morgan fingerprint density at radius 3 is 2.14 bits per heavy atom. The van der Waals surface area contributed by atoms with Gasteiger partial charge in [0.05, 0.1) is 27.9 Å². The zero-order valence-corrected chi connectivity index (χ0v) is 17.4. The molecule has 7 heteroatoms. The van der Waals surface area contributed by atoms with Crippen molar-refractivity contribution in [2.24, 2.45) is 0 Å². The molecule has 0 spiro atoms. The van der Waals surface area contributed by atoms with Crippen LogP contribution in [0.3, 0.4) is 0 Å². The van der Waals surface area contributed by atoms with Crippen LogP contribution in [0.2, 0.25) is 5.02 Å². The van der Waals surface area contributed by atoms with E-state index >= 15 is 0 Å². The van der Waals surface area contributed by atoms with E-state index in [1.807, 2.05) is 24.3 Å². The number of benzene rings is 2. The third kappa shape index (κ3) is 4.49. The van der Waals surface area contributed by atoms with Gasteiger partial charge in [-0.3, -0.25) is 4.79 Å². The number of methoxy groups -OCH3 is 3. The minimum atomic E-state index is -0.200. The molecule has 0 fully saturated rings. The molecule has 0 aliphatic rings. The average Bonchev–Trinajstić information content (AvgIpc) is 3.20. The van der Waals surface area contributed by atoms with Gasteiger partial charge in [-0.05, 0) is 48.5 Å². The molecule has 0 aliphatic carbocycles. The molecule has 0 aliphatic heterocycles. The van der Waals surface area contributed by atoms with Crippen molar-refractivity contribution in [1.29, 1.82) is 0 Å². The van der Waals surface area contributed by atoms with Crippen LogP contribution in [0.1, 0.15) is 16.1 Å². The number of furan rings is 1. The summed E-state index contributed by atoms with van der Waals surface area (Å²) in [6.45, 7) is 0.309. The summed E-state index contributed by atoms with van der Waals surface area (Å²) in [7, 11) is 6.24. The molecule has 0 saturated carbocycles. The molecule has 1 amide bonds. The molecule has 3 aromatic rings. The molecule has 0 bridgehead atoms. The number of amides is 1. The first-order valence-electron chi connectivity index (χ1n) is 8.87. The Labute approximate surface area is 174 Å². The fourth-order valence-electron chi connectivity index (χ4n) is 2.96. The van der Waals surface area contributed by atoms with Gasteiger partial charge in [-0.1, -0.05) is 11.6 Å². The predicted octanol–water partition coefficient (Wildman–Crippen LogP) is 4.90. The number of nitrogens with zero attached hydrogens (tertiary/aromatic N) is 1. The maximum Gasteiger partial charge on any atom is 0.254 e. The summed E-state index contributed by atoms with van der Waals surface area (Å²) in [6.07, 6.45) is 0. The van der Waals surface area contributed by atoms with E-state index in [1.165, 1.54) is 21.3 Å². The van der Waals surface area contributed by atoms with Crippen molar-refractivity contribution in [3.05, 3.63) is 64.9 Å². The number of hydrogen-bond acceptors (Lipinski definition) is 5. The highest BCUT2D eigenvalue weighted by Gasteiger charge is 2.20. The zero-order valence-electron chi connectivity index (χ0n) is 16.7. The minimum absolute atomic E-state index is 0.200. The van der Waals surface area contributed by atoms with Crippen molar-refractivity contribution < 1.29 is 23.4 Å². The van der Waals surface area contributed by atoms with Gasteiger partial charge in [0, 0.05) is 23.2 Å². The van der Waals surface area contributed by atoms with Crippen LogP contribution in [-0.4, -0.2) is 39.2 Å². The first-order valence-corrected chi connectivity index (χ1v) is 9.24. The van der Waals surface area contributed by atoms with Crippen LogP contribution in [0, 0.1) is 0 Å². The Hall–Kier alpha value is -3.12. The molecular formula is C22H22ClNO5. The number of carbonyl (C=O) groups excluding carboxylic acids is 1. The Balaban J connectivity index is 1.78. The maximum absolute atomic E-state index is 12.9. The van der Waals surface area contributed by atoms with E-state index in [-0.39, 0.29) is 5.91 Å². The monoisotopic (exact) mass is 415 g/mol. The molecule has 3 rings (SSSR count). The second-order valence-corrected chi connectivity index (χ2v) is 6.78. The van der Waals surface area contributed by atoms with E-state index in [0.29, 0.717) is 45.9 Å². The van der Waals surface area contributed by atoms with Crippen molar-refractivity contribution in [3.63, 3.8) is 0 Å². The van der Waals surface area contributed by atoms with E-state index in [4.69, 9.17) is 30.2 Å². The van der Waals surface area contributed by atoms with Gasteiger partial charge in [0.25, 0.3) is 5.91 Å². The lowest BCUT2D eigenvalue weighted by molar-refractivity contribution is 0.0775. The summed E-state index contributed by atoms with van der Waals surface area (Å²) in [5, 5.41) is 0.663. The van der Waals surface area contributed by atoms with Crippen LogP contribution in [0.25, 0.3) is 11.3 Å². The molecule has 29 heavy (non-hydrogen) atoms. The number of carbonyl (C=O) groups is 1. The Morgan fingerprint density at radius 1 is 0.966 bits per heavy atom. The molecular weight excluding hydrogens is 394 g/mol. The highest BCUT2D eigenvalue weighted by Crippen LogP contribution is 2.38. The molecule has 0 atom stereocenters. The van der Waals surface area contributed by atoms with Gasteiger partial charge in [-0.25, -0.2) is 0 Å². The normalized spacial score (nSPS) is 10.5. The first-order chi connectivity index (χ1) is 14.0. The van der Waals surface area contributed by atoms with Gasteiger partial charge in [-0.2, -0.15) is 0 Å². The Kier molecular flexibility index (Phi) is 6.34. The molecule has 2 aromatic carbocycles. The van der Waals surface area contributed by atoms with Crippen LogP contribution < -0.4 is 14.2 Å². The maximum atomic E-state index is 12.9. The fourth-order valence-corrected chi connectivity index (χ4v) is 3.09. The topological polar surface area (TPSA) is 61.1 Å². The smallest absolute Gasteiger partial charge is 0.254 e. The first kappa shape index (κ1) is 20.6. The van der Waals surface area contributed by atoms with Crippen molar-refractivity contribution in [1.82, 2.24) is 4.90 Å². The summed E-state index contributed by atoms with van der Waals surface area (Å²) < 4.78 is 21.8. The van der Waals surface area contributed by atoms with Gasteiger partial charge in [-0.15, -0.1) is 0 Å². The largest absolute Gasteiger partial charge is 0.493 e. The fraction of sp³-hybridized carbons (Fsp3) is 0.227. The average molecular weight is 416 g/mol. The summed E-state index contributed by atoms with van der Waals surface area (Å²) in [5.41, 5.74) is 1.34. The van der Waals surface area contributed by atoms with E-state index in [0.717, 1.165) is 5.56 Å². The lowest BCUT2D eigenvalue weighted by Gasteiger charge is -2.18. The summed E-state index contributed by atoms with van der Waals surface area (Å²) in [5.74, 6) is 2.46. The van der Waals surface area contributed by atoms with Crippen LogP contribution in [0.4, 0.5) is 0 Å². The number of hydrogen-bond donors (Lipinski definition) is 0. The van der Waals surface area contributed by atoms with Crippen molar-refractivity contribution >= 4 is 17.5 Å². The standard InChI is InChI=1S/C22H22ClNO5/c1-24(13-17-9-10-18(29-17)14-5-7-16(23)8-6-14)22(25)15-11-19(26-2)21(28-4)20(12-15)27-3/h5-12H,13H2,1-4H3. The SMILES string of the molecule is COc1cc(C(=O)N(C)Cc2ccc(-c3ccc(Cl)cc3)o2)cc(OC)c1OC. The highest BCUT2D eigenvalue weighted by molar-refractivity contribution is 6.30. The second-order valence-electron chi connectivity index (χ2n) is 6.35. The third-order valence-corrected chi connectivity index (χ3v) is 4.69. The summed E-state index contributed by atoms with van der Waals surface area (Å²) in [4.78, 5) is 14.5. The Morgan fingerprint density at radius 2 is 1.59 bits per heavy atom. The van der Waals surface area contributed by atoms with Gasteiger partial charge in [0.1, 0.15) is 11.5 Å². The molecule has 1 heterocycles. The predicted molar refractivity (Wildman–Crippen MR) is 111 cm³/mol. The second kappa shape index (κ2) is 8.92. The molecule has 0 radical (unpaired) electrons. The third-order valence-electron chi connectivity index (χ3n) is 4.44. The summed E-state index contributed by atoms with van der Waals surface area (Å²) in [6, 6.07) is 14.4. The molecule has 0 unspecified atom stereocenters. The quantitative estimate of drug-likeness (QED) is 0.549. The van der Waals surface area contributed by atoms with E-state index in [2.05, 4.69) is 0 Å². The molecule has 152 valence electrons. The minimum Gasteiger partial charge on any atom is -0.493 e. The van der Waals surface area contributed by atoms with Crippen LogP contribution in [0.15, 0.2) is 52.9 Å². The van der Waals surface area contributed by atoms with Crippen molar-refractivity contribution in [3.8, 4) is 28.6 Å². The summed E-state index contributed by atoms with van der Waals surface area (Å²) >= 11 is 5.93. The van der Waals surface area contributed by atoms with E-state index in [1.54, 1.807) is 36.2 Å². The number of halogens is 1. The van der Waals surface area contributed by atoms with Gasteiger partial charge < -0.3 is 23.5 Å². The molecule has 1 aromatic heterocycles. The number of ether oxygens (including phenoxy) is 3. The zero-order chi connectivity index (χ0) is 21.0. The van der Waals surface area contributed by atoms with Gasteiger partial charge >= 0.3 is 0 Å². The Bertz CT molecular complexity index is 972. The van der Waals surface area contributed by atoms with Gasteiger partial charge in [0.15, 0.2) is 11.5 Å². The van der Waals surface area contributed by atoms with Crippen LogP contribution >= 0.6 is 11.6 Å². The van der Waals surface area contributed by atoms with Crippen LogP contribution in [-0.2, 0) is 6.54 Å². The lowest BCUT2D eigenvalue weighted by Crippen LogP contribution is -2.26. The highest BCUT2D eigenvalue weighted by atomic mass is 35.5. The molecule has 0 saturated heterocycles.